The summed E-state index contributed by atoms with van der Waals surface area (Å²) in [6.07, 6.45) is 0. The van der Waals surface area contributed by atoms with E-state index in [2.05, 4.69) is 22.0 Å². The molecule has 3 aromatic rings. The van der Waals surface area contributed by atoms with Gasteiger partial charge < -0.3 is 10.5 Å². The van der Waals surface area contributed by atoms with Crippen LogP contribution in [-0.4, -0.2) is 8.42 Å². The summed E-state index contributed by atoms with van der Waals surface area (Å²) >= 11 is 3.45. The lowest BCUT2D eigenvalue weighted by Gasteiger charge is -2.38. The van der Waals surface area contributed by atoms with Crippen molar-refractivity contribution in [2.75, 3.05) is 4.31 Å². The summed E-state index contributed by atoms with van der Waals surface area (Å²) in [4.78, 5) is 0.0148. The van der Waals surface area contributed by atoms with Gasteiger partial charge in [0.2, 0.25) is 5.88 Å². The van der Waals surface area contributed by atoms with E-state index < -0.39 is 15.9 Å². The number of fused-ring (bicyclic) bond motifs is 2. The zero-order chi connectivity index (χ0) is 23.2. The van der Waals surface area contributed by atoms with Crippen LogP contribution >= 0.6 is 15.9 Å². The second kappa shape index (κ2) is 8.10. The Kier molecular flexibility index (Phi) is 5.23. The molecule has 33 heavy (non-hydrogen) atoms. The summed E-state index contributed by atoms with van der Waals surface area (Å²) < 4.78 is 36.3. The molecule has 2 N–H and O–H groups in total. The zero-order valence-corrected chi connectivity index (χ0v) is 19.7. The summed E-state index contributed by atoms with van der Waals surface area (Å²) in [5.41, 5.74) is 8.79. The molecule has 164 valence electrons. The number of halogens is 1. The van der Waals surface area contributed by atoms with Gasteiger partial charge in [0.15, 0.2) is 5.76 Å². The normalized spacial score (nSPS) is 18.8. The SMILES string of the molecule is N#CC1=C(N)OC2=C([C@@H]1c1cccc(Br)c1)S(=O)(=O)N(Cc1ccccc1)c1ccccc12. The van der Waals surface area contributed by atoms with Crippen molar-refractivity contribution in [3.05, 3.63) is 116 Å². The second-order valence-corrected chi connectivity index (χ2v) is 10.4. The number of para-hydroxylation sites is 1. The van der Waals surface area contributed by atoms with E-state index in [0.29, 0.717) is 16.8 Å². The van der Waals surface area contributed by atoms with Crippen molar-refractivity contribution in [2.45, 2.75) is 12.5 Å². The monoisotopic (exact) mass is 519 g/mol. The molecule has 0 aromatic heterocycles. The molecule has 8 heteroatoms. The van der Waals surface area contributed by atoms with E-state index in [9.17, 15) is 13.7 Å². The predicted octanol–water partition coefficient (Wildman–Crippen LogP) is 4.98. The number of nitrogens with zero attached hydrogens (tertiary/aromatic N) is 2. The number of nitriles is 1. The Morgan fingerprint density at radius 1 is 1.03 bits per heavy atom. The van der Waals surface area contributed by atoms with Crippen molar-refractivity contribution in [3.8, 4) is 6.07 Å². The Labute approximate surface area is 200 Å². The van der Waals surface area contributed by atoms with E-state index in [4.69, 9.17) is 10.5 Å². The molecular formula is C25H18BrN3O3S. The largest absolute Gasteiger partial charge is 0.439 e. The van der Waals surface area contributed by atoms with E-state index in [1.807, 2.05) is 42.5 Å². The van der Waals surface area contributed by atoms with Gasteiger partial charge in [0.05, 0.1) is 18.2 Å². The number of anilines is 1. The number of sulfonamides is 1. The minimum atomic E-state index is -4.08. The van der Waals surface area contributed by atoms with Gasteiger partial charge in [-0.05, 0) is 35.4 Å². The van der Waals surface area contributed by atoms with Crippen LogP contribution in [0.5, 0.6) is 0 Å². The van der Waals surface area contributed by atoms with E-state index in [0.717, 1.165) is 10.0 Å². The molecule has 1 atom stereocenters. The Morgan fingerprint density at radius 3 is 2.48 bits per heavy atom. The van der Waals surface area contributed by atoms with Crippen LogP contribution in [0.3, 0.4) is 0 Å². The molecule has 2 aliphatic heterocycles. The van der Waals surface area contributed by atoms with Crippen LogP contribution < -0.4 is 10.0 Å². The number of benzene rings is 3. The topological polar surface area (TPSA) is 96.4 Å². The molecular weight excluding hydrogens is 502 g/mol. The second-order valence-electron chi connectivity index (χ2n) is 7.69. The molecule has 0 unspecified atom stereocenters. The van der Waals surface area contributed by atoms with Crippen LogP contribution in [0.2, 0.25) is 0 Å². The van der Waals surface area contributed by atoms with Crippen molar-refractivity contribution < 1.29 is 13.2 Å². The third-order valence-corrected chi connectivity index (χ3v) is 8.09. The lowest BCUT2D eigenvalue weighted by Crippen LogP contribution is -2.39. The van der Waals surface area contributed by atoms with Crippen LogP contribution in [0.1, 0.15) is 22.6 Å². The molecule has 3 aromatic carbocycles. The quantitative estimate of drug-likeness (QED) is 0.526. The fraction of sp³-hybridized carbons (Fsp3) is 0.0800. The fourth-order valence-corrected chi connectivity index (χ4v) is 6.58. The Hall–Kier alpha value is -3.54. The van der Waals surface area contributed by atoms with Crippen LogP contribution in [0.4, 0.5) is 5.69 Å². The smallest absolute Gasteiger partial charge is 0.265 e. The Balaban J connectivity index is 1.78. The molecule has 0 amide bonds. The number of allylic oxidation sites excluding steroid dienone is 2. The van der Waals surface area contributed by atoms with Crippen molar-refractivity contribution >= 4 is 37.4 Å². The molecule has 5 rings (SSSR count). The van der Waals surface area contributed by atoms with Gasteiger partial charge in [-0.15, -0.1) is 0 Å². The highest BCUT2D eigenvalue weighted by molar-refractivity contribution is 9.10. The standard InChI is InChI=1S/C25H18BrN3O3S/c26-18-10-6-9-17(13-18)22-20(14-27)25(28)32-23-19-11-4-5-12-21(19)29(33(30,31)24(22)23)15-16-7-2-1-3-8-16/h1-13,22H,15,28H2/t22-/m1/s1. The van der Waals surface area contributed by atoms with Gasteiger partial charge in [-0.25, -0.2) is 8.42 Å². The van der Waals surface area contributed by atoms with Gasteiger partial charge in [-0.3, -0.25) is 4.31 Å². The number of hydrogen-bond acceptors (Lipinski definition) is 5. The average molecular weight is 520 g/mol. The molecule has 0 saturated heterocycles. The van der Waals surface area contributed by atoms with Gasteiger partial charge in [-0.2, -0.15) is 5.26 Å². The van der Waals surface area contributed by atoms with Gasteiger partial charge in [0.1, 0.15) is 16.5 Å². The maximum Gasteiger partial charge on any atom is 0.265 e. The number of hydrogen-bond donors (Lipinski definition) is 1. The highest BCUT2D eigenvalue weighted by Crippen LogP contribution is 2.51. The summed E-state index contributed by atoms with van der Waals surface area (Å²) in [6, 6.07) is 25.8. The van der Waals surface area contributed by atoms with Crippen molar-refractivity contribution in [3.63, 3.8) is 0 Å². The first-order valence-corrected chi connectivity index (χ1v) is 12.4. The molecule has 0 bridgehead atoms. The van der Waals surface area contributed by atoms with Crippen LogP contribution in [0.15, 0.2) is 99.7 Å². The number of ether oxygens (including phenoxy) is 1. The van der Waals surface area contributed by atoms with Crippen molar-refractivity contribution in [1.82, 2.24) is 0 Å². The maximum atomic E-state index is 14.2. The third kappa shape index (κ3) is 3.50. The lowest BCUT2D eigenvalue weighted by atomic mass is 9.88. The highest BCUT2D eigenvalue weighted by Gasteiger charge is 2.47. The molecule has 0 spiro atoms. The molecule has 0 radical (unpaired) electrons. The summed E-state index contributed by atoms with van der Waals surface area (Å²) in [5, 5.41) is 9.91. The first-order valence-electron chi connectivity index (χ1n) is 10.1. The molecule has 0 saturated carbocycles. The first kappa shape index (κ1) is 21.3. The Bertz CT molecular complexity index is 1470. The van der Waals surface area contributed by atoms with Crippen molar-refractivity contribution in [1.29, 1.82) is 5.26 Å². The third-order valence-electron chi connectivity index (χ3n) is 5.71. The first-order chi connectivity index (χ1) is 15.9. The number of rotatable bonds is 3. The van der Waals surface area contributed by atoms with Crippen molar-refractivity contribution in [2.24, 2.45) is 5.73 Å². The van der Waals surface area contributed by atoms with E-state index >= 15 is 0 Å². The van der Waals surface area contributed by atoms with E-state index in [1.54, 1.807) is 36.4 Å². The van der Waals surface area contributed by atoms with Gasteiger partial charge in [0, 0.05) is 10.0 Å². The minimum Gasteiger partial charge on any atom is -0.439 e. The van der Waals surface area contributed by atoms with Crippen LogP contribution in [0.25, 0.3) is 5.76 Å². The molecule has 6 nitrogen and oxygen atoms in total. The fourth-order valence-electron chi connectivity index (χ4n) is 4.25. The van der Waals surface area contributed by atoms with Crippen LogP contribution in [0, 0.1) is 11.3 Å². The van der Waals surface area contributed by atoms with Gasteiger partial charge in [-0.1, -0.05) is 70.5 Å². The predicted molar refractivity (Wildman–Crippen MR) is 130 cm³/mol. The molecule has 0 fully saturated rings. The van der Waals surface area contributed by atoms with Gasteiger partial charge >= 0.3 is 0 Å². The van der Waals surface area contributed by atoms with Gasteiger partial charge in [0.25, 0.3) is 10.0 Å². The lowest BCUT2D eigenvalue weighted by molar-refractivity contribution is 0.357. The highest BCUT2D eigenvalue weighted by atomic mass is 79.9. The van der Waals surface area contributed by atoms with E-state index in [-0.39, 0.29) is 28.7 Å². The Morgan fingerprint density at radius 2 is 1.76 bits per heavy atom. The zero-order valence-electron chi connectivity index (χ0n) is 17.3. The molecule has 2 aliphatic rings. The molecule has 0 aliphatic carbocycles. The summed E-state index contributed by atoms with van der Waals surface area (Å²) in [6.45, 7) is 0.142. The number of nitrogens with two attached hydrogens (primary N) is 1. The summed E-state index contributed by atoms with van der Waals surface area (Å²) in [7, 11) is -4.08. The maximum absolute atomic E-state index is 14.2. The molecule has 2 heterocycles. The summed E-state index contributed by atoms with van der Waals surface area (Å²) in [5.74, 6) is -0.827. The minimum absolute atomic E-state index is 0.0148. The average Bonchev–Trinajstić information content (AvgIpc) is 2.81. The van der Waals surface area contributed by atoms with Crippen LogP contribution in [-0.2, 0) is 21.3 Å². The van der Waals surface area contributed by atoms with E-state index in [1.165, 1.54) is 4.31 Å².